The van der Waals surface area contributed by atoms with Crippen molar-refractivity contribution in [2.75, 3.05) is 42.1 Å². The van der Waals surface area contributed by atoms with E-state index < -0.39 is 0 Å². The number of aromatic nitrogens is 2. The van der Waals surface area contributed by atoms with Crippen molar-refractivity contribution in [1.82, 2.24) is 14.9 Å². The lowest BCUT2D eigenvalue weighted by Crippen LogP contribution is -2.50. The van der Waals surface area contributed by atoms with Gasteiger partial charge < -0.3 is 25.6 Å². The van der Waals surface area contributed by atoms with Gasteiger partial charge in [0.1, 0.15) is 12.4 Å². The van der Waals surface area contributed by atoms with Crippen LogP contribution in [0.15, 0.2) is 54.7 Å². The number of carbonyl (C=O) groups excluding carboxylic acids is 1. The standard InChI is InChI=1S/C24H27ClN6O2/c1-2-17-13-18(25)15-20(14-17)29-24(32)31-11-9-30(10-12-31)21-5-3-4-6-22(21)33-16-19-7-8-27-23(26)28-19/h3-8,13-15H,2,9-12,16H2,1H3,(H,29,32)(H2,26,27,28). The summed E-state index contributed by atoms with van der Waals surface area (Å²) in [6, 6.07) is 15.2. The van der Waals surface area contributed by atoms with Crippen molar-refractivity contribution in [2.45, 2.75) is 20.0 Å². The Morgan fingerprint density at radius 3 is 2.70 bits per heavy atom. The number of rotatable bonds is 6. The number of benzene rings is 2. The third kappa shape index (κ3) is 5.84. The molecule has 1 saturated heterocycles. The third-order valence-corrected chi connectivity index (χ3v) is 5.72. The molecule has 0 saturated carbocycles. The van der Waals surface area contributed by atoms with E-state index in [1.807, 2.05) is 41.3 Å². The van der Waals surface area contributed by atoms with Crippen LogP contribution < -0.4 is 20.7 Å². The number of carbonyl (C=O) groups is 1. The molecule has 172 valence electrons. The number of nitrogens with two attached hydrogens (primary N) is 1. The summed E-state index contributed by atoms with van der Waals surface area (Å²) in [5.74, 6) is 0.987. The minimum atomic E-state index is -0.121. The molecule has 1 aromatic heterocycles. The highest BCUT2D eigenvalue weighted by Crippen LogP contribution is 2.29. The van der Waals surface area contributed by atoms with Gasteiger partial charge in [-0.25, -0.2) is 14.8 Å². The molecule has 3 N–H and O–H groups in total. The van der Waals surface area contributed by atoms with E-state index in [0.29, 0.717) is 43.5 Å². The van der Waals surface area contributed by atoms with Crippen molar-refractivity contribution in [2.24, 2.45) is 0 Å². The van der Waals surface area contributed by atoms with Crippen LogP contribution >= 0.6 is 11.6 Å². The second-order valence-corrected chi connectivity index (χ2v) is 8.20. The first-order chi connectivity index (χ1) is 16.0. The summed E-state index contributed by atoms with van der Waals surface area (Å²) in [6.07, 6.45) is 2.47. The average molecular weight is 467 g/mol. The van der Waals surface area contributed by atoms with Crippen LogP contribution in [-0.2, 0) is 13.0 Å². The van der Waals surface area contributed by atoms with Crippen molar-refractivity contribution < 1.29 is 9.53 Å². The summed E-state index contributed by atoms with van der Waals surface area (Å²) in [6.45, 7) is 4.95. The predicted octanol–water partition coefficient (Wildman–Crippen LogP) is 4.21. The molecule has 2 heterocycles. The molecule has 9 heteroatoms. The summed E-state index contributed by atoms with van der Waals surface area (Å²) in [4.78, 5) is 24.9. The molecule has 1 aliphatic rings. The van der Waals surface area contributed by atoms with E-state index in [1.165, 1.54) is 0 Å². The highest BCUT2D eigenvalue weighted by atomic mass is 35.5. The largest absolute Gasteiger partial charge is 0.485 e. The van der Waals surface area contributed by atoms with E-state index in [4.69, 9.17) is 22.1 Å². The highest BCUT2D eigenvalue weighted by molar-refractivity contribution is 6.31. The third-order valence-electron chi connectivity index (χ3n) is 5.50. The number of nitrogens with zero attached hydrogens (tertiary/aromatic N) is 4. The van der Waals surface area contributed by atoms with Gasteiger partial charge in [-0.2, -0.15) is 0 Å². The van der Waals surface area contributed by atoms with E-state index >= 15 is 0 Å². The van der Waals surface area contributed by atoms with Gasteiger partial charge in [0.2, 0.25) is 5.95 Å². The molecule has 0 radical (unpaired) electrons. The smallest absolute Gasteiger partial charge is 0.321 e. The average Bonchev–Trinajstić information content (AvgIpc) is 2.82. The van der Waals surface area contributed by atoms with E-state index in [2.05, 4.69) is 27.1 Å². The van der Waals surface area contributed by atoms with E-state index in [1.54, 1.807) is 18.3 Å². The lowest BCUT2D eigenvalue weighted by Gasteiger charge is -2.36. The highest BCUT2D eigenvalue weighted by Gasteiger charge is 2.23. The van der Waals surface area contributed by atoms with Crippen LogP contribution in [-0.4, -0.2) is 47.1 Å². The number of urea groups is 1. The molecule has 33 heavy (non-hydrogen) atoms. The second kappa shape index (κ2) is 10.4. The van der Waals surface area contributed by atoms with Gasteiger partial charge in [-0.05, 0) is 48.4 Å². The Labute approximate surface area is 198 Å². The monoisotopic (exact) mass is 466 g/mol. The Hall–Kier alpha value is -3.52. The molecule has 3 aromatic rings. The van der Waals surface area contributed by atoms with Crippen LogP contribution in [0.25, 0.3) is 0 Å². The molecule has 0 spiro atoms. The van der Waals surface area contributed by atoms with E-state index in [9.17, 15) is 4.79 Å². The zero-order valence-electron chi connectivity index (χ0n) is 18.5. The fourth-order valence-corrected chi connectivity index (χ4v) is 4.02. The quantitative estimate of drug-likeness (QED) is 0.565. The number of halogens is 1. The fraction of sp³-hybridized carbons (Fsp3) is 0.292. The maximum absolute atomic E-state index is 12.8. The van der Waals surface area contributed by atoms with Crippen LogP contribution in [0, 0.1) is 0 Å². The second-order valence-electron chi connectivity index (χ2n) is 7.77. The minimum absolute atomic E-state index is 0.121. The first-order valence-electron chi connectivity index (χ1n) is 10.9. The van der Waals surface area contributed by atoms with E-state index in [0.717, 1.165) is 29.1 Å². The number of amides is 2. The molecule has 1 fully saturated rings. The molecule has 0 bridgehead atoms. The number of para-hydroxylation sites is 2. The van der Waals surface area contributed by atoms with Crippen molar-refractivity contribution in [3.05, 3.63) is 71.0 Å². The number of hydrogen-bond donors (Lipinski definition) is 2. The normalized spacial score (nSPS) is 13.6. The maximum atomic E-state index is 12.8. The van der Waals surface area contributed by atoms with Gasteiger partial charge in [-0.1, -0.05) is 30.7 Å². The minimum Gasteiger partial charge on any atom is -0.485 e. The summed E-state index contributed by atoms with van der Waals surface area (Å²) in [5, 5.41) is 3.59. The van der Waals surface area contributed by atoms with Crippen LogP contribution in [0.5, 0.6) is 5.75 Å². The van der Waals surface area contributed by atoms with Gasteiger partial charge in [0.05, 0.1) is 11.4 Å². The van der Waals surface area contributed by atoms with Gasteiger partial charge >= 0.3 is 6.03 Å². The summed E-state index contributed by atoms with van der Waals surface area (Å²) >= 11 is 6.18. The van der Waals surface area contributed by atoms with Crippen LogP contribution in [0.2, 0.25) is 5.02 Å². The van der Waals surface area contributed by atoms with Crippen molar-refractivity contribution in [1.29, 1.82) is 0 Å². The van der Waals surface area contributed by atoms with Gasteiger partial charge in [0.25, 0.3) is 0 Å². The molecule has 0 atom stereocenters. The van der Waals surface area contributed by atoms with E-state index in [-0.39, 0.29) is 12.0 Å². The molecule has 0 unspecified atom stereocenters. The summed E-state index contributed by atoms with van der Waals surface area (Å²) in [7, 11) is 0. The molecule has 1 aliphatic heterocycles. The lowest BCUT2D eigenvalue weighted by molar-refractivity contribution is 0.208. The number of piperazine rings is 1. The number of ether oxygens (including phenoxy) is 1. The molecular weight excluding hydrogens is 440 g/mol. The van der Waals surface area contributed by atoms with Gasteiger partial charge in [0, 0.05) is 43.1 Å². The number of nitrogen functional groups attached to an aromatic ring is 1. The molecule has 8 nitrogen and oxygen atoms in total. The van der Waals surface area contributed by atoms with Crippen molar-refractivity contribution in [3.63, 3.8) is 0 Å². The first-order valence-corrected chi connectivity index (χ1v) is 11.3. The molecule has 2 aromatic carbocycles. The summed E-state index contributed by atoms with van der Waals surface area (Å²) < 4.78 is 6.02. The maximum Gasteiger partial charge on any atom is 0.321 e. The van der Waals surface area contributed by atoms with Gasteiger partial charge in [-0.3, -0.25) is 0 Å². The summed E-state index contributed by atoms with van der Waals surface area (Å²) in [5.41, 5.74) is 9.16. The van der Waals surface area contributed by atoms with Crippen molar-refractivity contribution in [3.8, 4) is 5.75 Å². The molecular formula is C24H27ClN6O2. The Morgan fingerprint density at radius 1 is 1.15 bits per heavy atom. The SMILES string of the molecule is CCc1cc(Cl)cc(NC(=O)N2CCN(c3ccccc3OCc3ccnc(N)n3)CC2)c1. The van der Waals surface area contributed by atoms with Crippen LogP contribution in [0.4, 0.5) is 22.1 Å². The number of hydrogen-bond acceptors (Lipinski definition) is 6. The number of aryl methyl sites for hydroxylation is 1. The topological polar surface area (TPSA) is 96.6 Å². The zero-order chi connectivity index (χ0) is 23.2. The number of nitrogens with one attached hydrogen (secondary N) is 1. The Morgan fingerprint density at radius 2 is 1.94 bits per heavy atom. The van der Waals surface area contributed by atoms with Crippen LogP contribution in [0.1, 0.15) is 18.2 Å². The Kier molecular flexibility index (Phi) is 7.14. The van der Waals surface area contributed by atoms with Gasteiger partial charge in [0.15, 0.2) is 0 Å². The molecule has 0 aliphatic carbocycles. The fourth-order valence-electron chi connectivity index (χ4n) is 3.77. The molecule has 4 rings (SSSR count). The number of anilines is 3. The Balaban J connectivity index is 1.36. The van der Waals surface area contributed by atoms with Gasteiger partial charge in [-0.15, -0.1) is 0 Å². The first kappa shape index (κ1) is 22.7. The Bertz CT molecular complexity index is 1120. The van der Waals surface area contributed by atoms with Crippen molar-refractivity contribution >= 4 is 35.0 Å². The predicted molar refractivity (Wildman–Crippen MR) is 131 cm³/mol. The lowest BCUT2D eigenvalue weighted by atomic mass is 10.1. The zero-order valence-corrected chi connectivity index (χ0v) is 19.3. The molecule has 2 amide bonds. The van der Waals surface area contributed by atoms with Crippen LogP contribution in [0.3, 0.4) is 0 Å².